The minimum Gasteiger partial charge on any atom is -0.358 e. The Labute approximate surface area is 245 Å². The number of nitrogens with zero attached hydrogens (tertiary/aromatic N) is 1. The largest absolute Gasteiger partial charge is 0.416 e. The number of halogens is 3. The van der Waals surface area contributed by atoms with Crippen molar-refractivity contribution in [3.05, 3.63) is 63.5 Å². The van der Waals surface area contributed by atoms with Crippen molar-refractivity contribution in [2.24, 2.45) is 5.41 Å². The van der Waals surface area contributed by atoms with Crippen LogP contribution >= 0.6 is 10.3 Å². The molecule has 226 valence electrons. The van der Waals surface area contributed by atoms with E-state index in [1.165, 1.54) is 48.2 Å². The van der Waals surface area contributed by atoms with E-state index in [1.807, 2.05) is 0 Å². The highest BCUT2D eigenvalue weighted by molar-refractivity contribution is 8.29. The predicted molar refractivity (Wildman–Crippen MR) is 160 cm³/mol. The van der Waals surface area contributed by atoms with E-state index in [-0.39, 0.29) is 22.2 Å². The lowest BCUT2D eigenvalue weighted by molar-refractivity contribution is -0.137. The Morgan fingerprint density at radius 3 is 2.10 bits per heavy atom. The Balaban J connectivity index is 1.57. The number of hydrogen-bond acceptors (Lipinski definition) is 3. The first kappa shape index (κ1) is 29.5. The van der Waals surface area contributed by atoms with Gasteiger partial charge in [-0.25, -0.2) is 0 Å². The molecule has 2 saturated carbocycles. The number of ether oxygens (including phenoxy) is 1. The van der Waals surface area contributed by atoms with Crippen molar-refractivity contribution in [3.8, 4) is 0 Å². The number of pyridine rings is 1. The second-order valence-electron chi connectivity index (χ2n) is 14.8. The molecule has 1 aromatic carbocycles. The first-order chi connectivity index (χ1) is 19.1. The minimum atomic E-state index is -4.37. The minimum absolute atomic E-state index is 0.0240. The van der Waals surface area contributed by atoms with Crippen LogP contribution < -0.4 is 0 Å². The summed E-state index contributed by atoms with van der Waals surface area (Å²) in [6.07, 6.45) is 9.49. The van der Waals surface area contributed by atoms with Gasteiger partial charge in [0.15, 0.2) is 0 Å². The van der Waals surface area contributed by atoms with Crippen molar-refractivity contribution in [2.75, 3.05) is 12.5 Å². The molecule has 0 radical (unpaired) electrons. The van der Waals surface area contributed by atoms with Gasteiger partial charge in [-0.1, -0.05) is 66.0 Å². The smallest absolute Gasteiger partial charge is 0.358 e. The molecule has 3 aliphatic carbocycles. The molecular formula is C34H46F3NO2S. The quantitative estimate of drug-likeness (QED) is 0.356. The molecule has 2 atom stereocenters. The van der Waals surface area contributed by atoms with Crippen LogP contribution in [0.25, 0.3) is 0 Å². The molecule has 2 spiro atoms. The molecule has 0 amide bonds. The van der Waals surface area contributed by atoms with Crippen LogP contribution in [0.3, 0.4) is 0 Å². The van der Waals surface area contributed by atoms with Crippen molar-refractivity contribution in [1.29, 1.82) is 0 Å². The highest BCUT2D eigenvalue weighted by Crippen LogP contribution is 2.65. The van der Waals surface area contributed by atoms with Crippen LogP contribution in [0.5, 0.6) is 0 Å². The summed E-state index contributed by atoms with van der Waals surface area (Å²) >= 11 is 0. The third-order valence-electron chi connectivity index (χ3n) is 10.7. The number of benzene rings is 1. The zero-order chi connectivity index (χ0) is 29.6. The fourth-order valence-electron chi connectivity index (χ4n) is 7.60. The highest BCUT2D eigenvalue weighted by atomic mass is 32.3. The zero-order valence-electron chi connectivity index (χ0n) is 25.7. The van der Waals surface area contributed by atoms with E-state index in [9.17, 15) is 13.2 Å². The molecule has 0 N–H and O–H groups in total. The fourth-order valence-corrected chi connectivity index (χ4v) is 8.63. The number of fused-ring (bicyclic) bond motifs is 4. The first-order valence-electron chi connectivity index (χ1n) is 15.4. The molecule has 2 aromatic rings. The Bertz CT molecular complexity index is 1320. The number of rotatable bonds is 4. The summed E-state index contributed by atoms with van der Waals surface area (Å²) < 4.78 is 54.7. The van der Waals surface area contributed by atoms with Crippen LogP contribution in [0.15, 0.2) is 24.3 Å². The number of aromatic nitrogens is 1. The van der Waals surface area contributed by atoms with E-state index < -0.39 is 33.8 Å². The lowest BCUT2D eigenvalue weighted by atomic mass is 9.59. The van der Waals surface area contributed by atoms with E-state index in [1.54, 1.807) is 12.1 Å². The van der Waals surface area contributed by atoms with Crippen molar-refractivity contribution >= 4 is 10.3 Å². The van der Waals surface area contributed by atoms with Crippen molar-refractivity contribution in [3.63, 3.8) is 0 Å². The molecule has 6 rings (SSSR count). The molecule has 3 nitrogen and oxygen atoms in total. The van der Waals surface area contributed by atoms with Crippen molar-refractivity contribution < 1.29 is 22.1 Å². The summed E-state index contributed by atoms with van der Waals surface area (Å²) in [4.78, 5) is 5.46. The second-order valence-corrected chi connectivity index (χ2v) is 18.7. The summed E-state index contributed by atoms with van der Waals surface area (Å²) in [6, 6.07) is 5.61. The van der Waals surface area contributed by atoms with E-state index in [0.717, 1.165) is 55.3 Å². The van der Waals surface area contributed by atoms with Gasteiger partial charge in [-0.15, -0.1) is 10.3 Å². The van der Waals surface area contributed by atoms with Crippen LogP contribution in [0.4, 0.5) is 13.2 Å². The Morgan fingerprint density at radius 1 is 0.951 bits per heavy atom. The SMILES string of the molecule is CC(C)c1nc2c(c3c1C(c1ccc(C(F)(F)F)cc1)OC31CCCC1)C(OS(C)(C)C(C)(C)C)CC1(CCC1)C2. The molecular weight excluding hydrogens is 543 g/mol. The summed E-state index contributed by atoms with van der Waals surface area (Å²) in [7, 11) is -1.41. The van der Waals surface area contributed by atoms with Gasteiger partial charge in [-0.05, 0) is 85.6 Å². The lowest BCUT2D eigenvalue weighted by Gasteiger charge is -2.52. The molecule has 0 bridgehead atoms. The molecule has 0 saturated heterocycles. The maximum absolute atomic E-state index is 13.4. The molecule has 2 unspecified atom stereocenters. The normalized spacial score (nSPS) is 25.4. The van der Waals surface area contributed by atoms with Crippen LogP contribution in [0.1, 0.15) is 143 Å². The Kier molecular flexibility index (Phi) is 6.99. The zero-order valence-corrected chi connectivity index (χ0v) is 26.5. The summed E-state index contributed by atoms with van der Waals surface area (Å²) in [5, 5.41) is 0. The lowest BCUT2D eigenvalue weighted by Crippen LogP contribution is -2.41. The molecule has 41 heavy (non-hydrogen) atoms. The molecule has 2 fully saturated rings. The topological polar surface area (TPSA) is 31.4 Å². The third-order valence-corrected chi connectivity index (χ3v) is 14.3. The average Bonchev–Trinajstić information content (AvgIpc) is 3.46. The number of alkyl halides is 3. The van der Waals surface area contributed by atoms with E-state index in [4.69, 9.17) is 13.9 Å². The Hall–Kier alpha value is -1.57. The standard InChI is InChI=1S/C34H46F3NO2S/c1-21(2)29-27-28(33(17-8-9-18-33)39-30(27)22-11-13-23(14-12-22)34(35,36)37)26-24(38-29)19-32(15-10-16-32)20-25(26)40-41(6,7)31(3,4)5/h11-14,21,25,30H,8-10,15-20H2,1-7H3. The maximum atomic E-state index is 13.4. The fraction of sp³-hybridized carbons (Fsp3) is 0.676. The molecule has 4 aliphatic rings. The monoisotopic (exact) mass is 589 g/mol. The van der Waals surface area contributed by atoms with Crippen LogP contribution in [-0.2, 0) is 27.1 Å². The van der Waals surface area contributed by atoms with E-state index in [0.29, 0.717) is 0 Å². The van der Waals surface area contributed by atoms with Gasteiger partial charge in [0.2, 0.25) is 0 Å². The molecule has 7 heteroatoms. The second kappa shape index (κ2) is 9.72. The highest BCUT2D eigenvalue weighted by Gasteiger charge is 2.55. The van der Waals surface area contributed by atoms with Crippen molar-refractivity contribution in [1.82, 2.24) is 4.98 Å². The van der Waals surface area contributed by atoms with Crippen LogP contribution in [0.2, 0.25) is 0 Å². The summed E-state index contributed by atoms with van der Waals surface area (Å²) in [5.74, 6) is 0.168. The molecule has 1 aromatic heterocycles. The first-order valence-corrected chi connectivity index (χ1v) is 17.8. The Morgan fingerprint density at radius 2 is 1.59 bits per heavy atom. The van der Waals surface area contributed by atoms with E-state index >= 15 is 0 Å². The predicted octanol–water partition coefficient (Wildman–Crippen LogP) is 10.1. The molecule has 1 aliphatic heterocycles. The van der Waals surface area contributed by atoms with Gasteiger partial charge in [0.25, 0.3) is 0 Å². The van der Waals surface area contributed by atoms with Crippen LogP contribution in [-0.4, -0.2) is 22.2 Å². The van der Waals surface area contributed by atoms with Crippen molar-refractivity contribution in [2.45, 2.75) is 127 Å². The van der Waals surface area contributed by atoms with E-state index in [2.05, 4.69) is 47.1 Å². The van der Waals surface area contributed by atoms with Gasteiger partial charge in [0, 0.05) is 27.3 Å². The number of hydrogen-bond donors (Lipinski definition) is 0. The van der Waals surface area contributed by atoms with Gasteiger partial charge >= 0.3 is 6.18 Å². The summed E-state index contributed by atoms with van der Waals surface area (Å²) in [5.41, 5.74) is 5.83. The van der Waals surface area contributed by atoms with Gasteiger partial charge < -0.3 is 8.92 Å². The van der Waals surface area contributed by atoms with Gasteiger partial charge in [0.1, 0.15) is 6.10 Å². The third kappa shape index (κ3) is 4.86. The van der Waals surface area contributed by atoms with Gasteiger partial charge in [-0.2, -0.15) is 13.2 Å². The average molecular weight is 590 g/mol. The summed E-state index contributed by atoms with van der Waals surface area (Å²) in [6.45, 7) is 11.2. The molecule has 2 heterocycles. The van der Waals surface area contributed by atoms with Gasteiger partial charge in [0.05, 0.1) is 17.3 Å². The van der Waals surface area contributed by atoms with Gasteiger partial charge in [-0.3, -0.25) is 4.98 Å². The van der Waals surface area contributed by atoms with Crippen LogP contribution in [0, 0.1) is 5.41 Å². The maximum Gasteiger partial charge on any atom is 0.416 e.